The van der Waals surface area contributed by atoms with Gasteiger partial charge in [-0.15, -0.1) is 5.10 Å². The molecule has 0 N–H and O–H groups in total. The van der Waals surface area contributed by atoms with Crippen molar-refractivity contribution in [3.05, 3.63) is 18.5 Å². The highest BCUT2D eigenvalue weighted by Gasteiger charge is 2.07. The molecule has 0 spiro atoms. The monoisotopic (exact) mass is 191 g/mol. The second-order valence-electron chi connectivity index (χ2n) is 2.98. The summed E-state index contributed by atoms with van der Waals surface area (Å²) in [5, 5.41) is 7.83. The number of fused-ring (bicyclic) bond motifs is 1. The Hall–Kier alpha value is -1.65. The van der Waals surface area contributed by atoms with Crippen LogP contribution in [0, 0.1) is 0 Å². The van der Waals surface area contributed by atoms with Crippen molar-refractivity contribution in [1.82, 2.24) is 19.8 Å². The maximum atomic E-state index is 4.16. The molecule has 2 aromatic rings. The van der Waals surface area contributed by atoms with E-state index >= 15 is 0 Å². The van der Waals surface area contributed by atoms with E-state index in [0.29, 0.717) is 0 Å². The SMILES string of the molecule is CCN(CC)c1ccnc2cnnn12. The molecule has 0 unspecified atom stereocenters. The van der Waals surface area contributed by atoms with E-state index in [1.54, 1.807) is 16.9 Å². The summed E-state index contributed by atoms with van der Waals surface area (Å²) in [6, 6.07) is 1.95. The molecule has 0 fully saturated rings. The first-order valence-corrected chi connectivity index (χ1v) is 4.77. The molecule has 0 aliphatic rings. The highest BCUT2D eigenvalue weighted by molar-refractivity contribution is 5.47. The molecule has 2 aromatic heterocycles. The van der Waals surface area contributed by atoms with E-state index in [4.69, 9.17) is 0 Å². The highest BCUT2D eigenvalue weighted by atomic mass is 15.4. The van der Waals surface area contributed by atoms with Gasteiger partial charge in [0.15, 0.2) is 5.65 Å². The molecular formula is C9H13N5. The Morgan fingerprint density at radius 3 is 2.86 bits per heavy atom. The Bertz CT molecular complexity index is 418. The molecule has 14 heavy (non-hydrogen) atoms. The fourth-order valence-corrected chi connectivity index (χ4v) is 1.52. The zero-order valence-corrected chi connectivity index (χ0v) is 8.38. The number of hydrogen-bond donors (Lipinski definition) is 0. The quantitative estimate of drug-likeness (QED) is 0.725. The van der Waals surface area contributed by atoms with Gasteiger partial charge in [0.05, 0.1) is 6.20 Å². The fourth-order valence-electron chi connectivity index (χ4n) is 1.52. The van der Waals surface area contributed by atoms with Gasteiger partial charge in [0.25, 0.3) is 0 Å². The van der Waals surface area contributed by atoms with Crippen LogP contribution < -0.4 is 4.90 Å². The topological polar surface area (TPSA) is 46.3 Å². The normalized spacial score (nSPS) is 10.7. The number of aromatic nitrogens is 4. The summed E-state index contributed by atoms with van der Waals surface area (Å²) in [6.07, 6.45) is 3.44. The van der Waals surface area contributed by atoms with E-state index in [9.17, 15) is 0 Å². The van der Waals surface area contributed by atoms with Crippen molar-refractivity contribution in [3.63, 3.8) is 0 Å². The van der Waals surface area contributed by atoms with Crippen molar-refractivity contribution in [2.24, 2.45) is 0 Å². The van der Waals surface area contributed by atoms with Gasteiger partial charge in [0.2, 0.25) is 0 Å². The molecule has 0 amide bonds. The molecule has 5 nitrogen and oxygen atoms in total. The van der Waals surface area contributed by atoms with E-state index < -0.39 is 0 Å². The molecular weight excluding hydrogens is 178 g/mol. The summed E-state index contributed by atoms with van der Waals surface area (Å²) >= 11 is 0. The molecule has 5 heteroatoms. The van der Waals surface area contributed by atoms with Gasteiger partial charge in [-0.1, -0.05) is 5.21 Å². The summed E-state index contributed by atoms with van der Waals surface area (Å²) in [4.78, 5) is 6.38. The van der Waals surface area contributed by atoms with Crippen molar-refractivity contribution in [1.29, 1.82) is 0 Å². The maximum Gasteiger partial charge on any atom is 0.177 e. The van der Waals surface area contributed by atoms with Gasteiger partial charge in [0, 0.05) is 19.3 Å². The third-order valence-electron chi connectivity index (χ3n) is 2.27. The zero-order chi connectivity index (χ0) is 9.97. The zero-order valence-electron chi connectivity index (χ0n) is 8.38. The first kappa shape index (κ1) is 8.93. The maximum absolute atomic E-state index is 4.16. The van der Waals surface area contributed by atoms with E-state index in [-0.39, 0.29) is 0 Å². The van der Waals surface area contributed by atoms with Gasteiger partial charge < -0.3 is 4.90 Å². The summed E-state index contributed by atoms with van der Waals surface area (Å²) < 4.78 is 1.76. The standard InChI is InChI=1S/C9H13N5/c1-3-13(4-2)9-5-6-10-8-7-11-12-14(8)9/h5-7H,3-4H2,1-2H3. The molecule has 2 rings (SSSR count). The smallest absolute Gasteiger partial charge is 0.177 e. The van der Waals surface area contributed by atoms with Crippen LogP contribution >= 0.6 is 0 Å². The van der Waals surface area contributed by atoms with Gasteiger partial charge in [-0.25, -0.2) is 4.98 Å². The number of nitrogens with zero attached hydrogens (tertiary/aromatic N) is 5. The van der Waals surface area contributed by atoms with E-state index in [1.165, 1.54) is 0 Å². The van der Waals surface area contributed by atoms with E-state index in [2.05, 4.69) is 34.0 Å². The lowest BCUT2D eigenvalue weighted by molar-refractivity contribution is 0.773. The second-order valence-corrected chi connectivity index (χ2v) is 2.98. The molecule has 0 saturated carbocycles. The van der Waals surface area contributed by atoms with Gasteiger partial charge in [0.1, 0.15) is 5.82 Å². The van der Waals surface area contributed by atoms with Gasteiger partial charge >= 0.3 is 0 Å². The first-order valence-electron chi connectivity index (χ1n) is 4.77. The van der Waals surface area contributed by atoms with Gasteiger partial charge in [-0.2, -0.15) is 4.52 Å². The number of rotatable bonds is 3. The van der Waals surface area contributed by atoms with Crippen LogP contribution in [-0.2, 0) is 0 Å². The highest BCUT2D eigenvalue weighted by Crippen LogP contribution is 2.12. The van der Waals surface area contributed by atoms with Crippen LogP contribution in [0.25, 0.3) is 5.65 Å². The molecule has 0 atom stereocenters. The van der Waals surface area contributed by atoms with Crippen LogP contribution in [0.2, 0.25) is 0 Å². The molecule has 0 radical (unpaired) electrons. The Labute approximate surface area is 82.4 Å². The largest absolute Gasteiger partial charge is 0.357 e. The molecule has 0 aromatic carbocycles. The molecule has 0 aliphatic heterocycles. The Kier molecular flexibility index (Phi) is 2.30. The lowest BCUT2D eigenvalue weighted by atomic mass is 10.4. The third-order valence-corrected chi connectivity index (χ3v) is 2.27. The van der Waals surface area contributed by atoms with Crippen LogP contribution in [0.3, 0.4) is 0 Å². The molecule has 0 aliphatic carbocycles. The summed E-state index contributed by atoms with van der Waals surface area (Å²) in [6.45, 7) is 6.14. The number of hydrogen-bond acceptors (Lipinski definition) is 4. The predicted molar refractivity (Wildman–Crippen MR) is 54.3 cm³/mol. The summed E-state index contributed by atoms with van der Waals surface area (Å²) in [7, 11) is 0. The Morgan fingerprint density at radius 1 is 1.36 bits per heavy atom. The Balaban J connectivity index is 2.54. The molecule has 0 bridgehead atoms. The van der Waals surface area contributed by atoms with E-state index in [1.807, 2.05) is 6.07 Å². The van der Waals surface area contributed by atoms with Gasteiger partial charge in [-0.05, 0) is 19.9 Å². The third kappa shape index (κ3) is 1.30. The summed E-state index contributed by atoms with van der Waals surface area (Å²) in [5.74, 6) is 1.04. The summed E-state index contributed by atoms with van der Waals surface area (Å²) in [5.41, 5.74) is 0.786. The van der Waals surface area contributed by atoms with Crippen LogP contribution in [0.5, 0.6) is 0 Å². The van der Waals surface area contributed by atoms with Crippen LogP contribution in [0.15, 0.2) is 18.5 Å². The predicted octanol–water partition coefficient (Wildman–Crippen LogP) is 0.970. The lowest BCUT2D eigenvalue weighted by Gasteiger charge is -2.20. The average Bonchev–Trinajstić information content (AvgIpc) is 2.68. The minimum absolute atomic E-state index is 0.786. The van der Waals surface area contributed by atoms with Crippen LogP contribution in [0.1, 0.15) is 13.8 Å². The van der Waals surface area contributed by atoms with Crippen molar-refractivity contribution < 1.29 is 0 Å². The molecule has 74 valence electrons. The molecule has 0 saturated heterocycles. The average molecular weight is 191 g/mol. The lowest BCUT2D eigenvalue weighted by Crippen LogP contribution is -2.24. The van der Waals surface area contributed by atoms with Crippen molar-refractivity contribution >= 4 is 11.5 Å². The van der Waals surface area contributed by atoms with Crippen LogP contribution in [-0.4, -0.2) is 32.9 Å². The van der Waals surface area contributed by atoms with E-state index in [0.717, 1.165) is 24.6 Å². The van der Waals surface area contributed by atoms with Crippen molar-refractivity contribution in [2.45, 2.75) is 13.8 Å². The first-order chi connectivity index (χ1) is 6.86. The van der Waals surface area contributed by atoms with Gasteiger partial charge in [-0.3, -0.25) is 0 Å². The number of anilines is 1. The van der Waals surface area contributed by atoms with Crippen LogP contribution in [0.4, 0.5) is 5.82 Å². The Morgan fingerprint density at radius 2 is 2.14 bits per heavy atom. The van der Waals surface area contributed by atoms with Crippen molar-refractivity contribution in [3.8, 4) is 0 Å². The minimum atomic E-state index is 0.786. The molecule has 2 heterocycles. The van der Waals surface area contributed by atoms with Crippen molar-refractivity contribution in [2.75, 3.05) is 18.0 Å². The second kappa shape index (κ2) is 3.61. The fraction of sp³-hybridized carbons (Fsp3) is 0.444. The minimum Gasteiger partial charge on any atom is -0.357 e.